The maximum Gasteiger partial charge on any atom is 0.0209 e. The van der Waals surface area contributed by atoms with Crippen LogP contribution in [0.5, 0.6) is 0 Å². The standard InChI is InChI=1S/C17H32N2/c1-17(2,3)13-4-6-14(7-5-13)18-15-10-11-19(12-15)16-8-9-16/h13-16,18H,4-12H2,1-3H3. The summed E-state index contributed by atoms with van der Waals surface area (Å²) in [5.74, 6) is 0.942. The number of likely N-dealkylation sites (tertiary alicyclic amines) is 1. The molecule has 19 heavy (non-hydrogen) atoms. The zero-order chi connectivity index (χ0) is 13.5. The van der Waals surface area contributed by atoms with Gasteiger partial charge in [-0.25, -0.2) is 0 Å². The van der Waals surface area contributed by atoms with Crippen LogP contribution in [0.25, 0.3) is 0 Å². The highest BCUT2D eigenvalue weighted by atomic mass is 15.2. The minimum atomic E-state index is 0.515. The van der Waals surface area contributed by atoms with Crippen molar-refractivity contribution in [1.29, 1.82) is 0 Å². The Morgan fingerprint density at radius 2 is 1.53 bits per heavy atom. The molecule has 3 fully saturated rings. The first-order chi connectivity index (χ1) is 9.02. The van der Waals surface area contributed by atoms with Crippen LogP contribution in [0.1, 0.15) is 65.7 Å². The Bertz CT molecular complexity index is 295. The van der Waals surface area contributed by atoms with Crippen molar-refractivity contribution in [3.63, 3.8) is 0 Å². The normalized spacial score (nSPS) is 37.7. The Labute approximate surface area is 119 Å². The molecule has 0 aromatic carbocycles. The molecular formula is C17H32N2. The second-order valence-electron chi connectivity index (χ2n) is 8.29. The topological polar surface area (TPSA) is 15.3 Å². The third-order valence-electron chi connectivity index (χ3n) is 5.71. The summed E-state index contributed by atoms with van der Waals surface area (Å²) in [6, 6.07) is 2.56. The fourth-order valence-corrected chi connectivity index (χ4v) is 4.15. The van der Waals surface area contributed by atoms with Gasteiger partial charge in [0, 0.05) is 31.2 Å². The maximum absolute atomic E-state index is 3.96. The molecule has 2 saturated carbocycles. The SMILES string of the molecule is CC(C)(C)C1CCC(NC2CCN(C3CC3)C2)CC1. The van der Waals surface area contributed by atoms with Gasteiger partial charge in [-0.3, -0.25) is 4.90 Å². The molecule has 0 aromatic heterocycles. The summed E-state index contributed by atoms with van der Waals surface area (Å²) in [6.07, 6.45) is 9.98. The lowest BCUT2D eigenvalue weighted by molar-refractivity contribution is 0.156. The maximum atomic E-state index is 3.96. The van der Waals surface area contributed by atoms with Crippen LogP contribution in [-0.4, -0.2) is 36.1 Å². The van der Waals surface area contributed by atoms with E-state index in [2.05, 4.69) is 31.0 Å². The highest BCUT2D eigenvalue weighted by molar-refractivity contribution is 4.93. The predicted molar refractivity (Wildman–Crippen MR) is 81.3 cm³/mol. The molecule has 0 bridgehead atoms. The van der Waals surface area contributed by atoms with Crippen LogP contribution in [0.3, 0.4) is 0 Å². The van der Waals surface area contributed by atoms with E-state index >= 15 is 0 Å². The van der Waals surface area contributed by atoms with Gasteiger partial charge in [-0.1, -0.05) is 20.8 Å². The van der Waals surface area contributed by atoms with Crippen LogP contribution in [0.4, 0.5) is 0 Å². The average molecular weight is 264 g/mol. The molecule has 2 aliphatic carbocycles. The van der Waals surface area contributed by atoms with Crippen molar-refractivity contribution in [1.82, 2.24) is 10.2 Å². The van der Waals surface area contributed by atoms with E-state index in [4.69, 9.17) is 0 Å². The molecule has 1 N–H and O–H groups in total. The highest BCUT2D eigenvalue weighted by Crippen LogP contribution is 2.38. The van der Waals surface area contributed by atoms with E-state index in [0.29, 0.717) is 5.41 Å². The van der Waals surface area contributed by atoms with Gasteiger partial charge in [-0.15, -0.1) is 0 Å². The fraction of sp³-hybridized carbons (Fsp3) is 1.00. The van der Waals surface area contributed by atoms with Gasteiger partial charge in [-0.2, -0.15) is 0 Å². The van der Waals surface area contributed by atoms with Crippen LogP contribution in [0.2, 0.25) is 0 Å². The monoisotopic (exact) mass is 264 g/mol. The summed E-state index contributed by atoms with van der Waals surface area (Å²) < 4.78 is 0. The van der Waals surface area contributed by atoms with Crippen molar-refractivity contribution >= 4 is 0 Å². The molecule has 0 amide bonds. The van der Waals surface area contributed by atoms with Gasteiger partial charge in [0.15, 0.2) is 0 Å². The third-order valence-corrected chi connectivity index (χ3v) is 5.71. The Balaban J connectivity index is 1.40. The largest absolute Gasteiger partial charge is 0.310 e. The molecule has 1 saturated heterocycles. The first kappa shape index (κ1) is 13.9. The van der Waals surface area contributed by atoms with E-state index < -0.39 is 0 Å². The van der Waals surface area contributed by atoms with Crippen LogP contribution < -0.4 is 5.32 Å². The Hall–Kier alpha value is -0.0800. The summed E-state index contributed by atoms with van der Waals surface area (Å²) in [5, 5.41) is 3.96. The van der Waals surface area contributed by atoms with Crippen molar-refractivity contribution in [3.05, 3.63) is 0 Å². The van der Waals surface area contributed by atoms with Crippen molar-refractivity contribution in [2.24, 2.45) is 11.3 Å². The predicted octanol–water partition coefficient (Wildman–Crippen LogP) is 3.42. The molecule has 2 heteroatoms. The van der Waals surface area contributed by atoms with Crippen LogP contribution >= 0.6 is 0 Å². The van der Waals surface area contributed by atoms with E-state index in [1.54, 1.807) is 0 Å². The van der Waals surface area contributed by atoms with Gasteiger partial charge in [0.2, 0.25) is 0 Å². The molecular weight excluding hydrogens is 232 g/mol. The minimum Gasteiger partial charge on any atom is -0.310 e. The quantitative estimate of drug-likeness (QED) is 0.840. The van der Waals surface area contributed by atoms with E-state index in [9.17, 15) is 0 Å². The Kier molecular flexibility index (Phi) is 3.92. The smallest absolute Gasteiger partial charge is 0.0209 e. The van der Waals surface area contributed by atoms with Gasteiger partial charge in [0.1, 0.15) is 0 Å². The van der Waals surface area contributed by atoms with E-state index in [1.165, 1.54) is 58.0 Å². The molecule has 3 rings (SSSR count). The lowest BCUT2D eigenvalue weighted by Crippen LogP contribution is -2.43. The van der Waals surface area contributed by atoms with E-state index in [1.807, 2.05) is 0 Å². The van der Waals surface area contributed by atoms with Crippen molar-refractivity contribution in [3.8, 4) is 0 Å². The van der Waals surface area contributed by atoms with E-state index in [-0.39, 0.29) is 0 Å². The Morgan fingerprint density at radius 3 is 2.11 bits per heavy atom. The fourth-order valence-electron chi connectivity index (χ4n) is 4.15. The summed E-state index contributed by atoms with van der Waals surface area (Å²) in [7, 11) is 0. The summed E-state index contributed by atoms with van der Waals surface area (Å²) in [4.78, 5) is 2.72. The molecule has 1 unspecified atom stereocenters. The molecule has 0 spiro atoms. The number of nitrogens with zero attached hydrogens (tertiary/aromatic N) is 1. The molecule has 1 aliphatic heterocycles. The molecule has 1 atom stereocenters. The zero-order valence-electron chi connectivity index (χ0n) is 13.1. The number of hydrogen-bond acceptors (Lipinski definition) is 2. The van der Waals surface area contributed by atoms with Crippen molar-refractivity contribution < 1.29 is 0 Å². The molecule has 0 radical (unpaired) electrons. The lowest BCUT2D eigenvalue weighted by atomic mass is 9.71. The number of nitrogens with one attached hydrogen (secondary N) is 1. The van der Waals surface area contributed by atoms with Crippen molar-refractivity contribution in [2.75, 3.05) is 13.1 Å². The first-order valence-corrected chi connectivity index (χ1v) is 8.52. The van der Waals surface area contributed by atoms with Crippen LogP contribution in [-0.2, 0) is 0 Å². The third kappa shape index (κ3) is 3.52. The van der Waals surface area contributed by atoms with Gasteiger partial charge in [-0.05, 0) is 56.3 Å². The van der Waals surface area contributed by atoms with Gasteiger partial charge < -0.3 is 5.32 Å². The summed E-state index contributed by atoms with van der Waals surface area (Å²) in [6.45, 7) is 9.91. The second kappa shape index (κ2) is 5.37. The van der Waals surface area contributed by atoms with E-state index in [0.717, 1.165) is 24.0 Å². The number of hydrogen-bond donors (Lipinski definition) is 1. The van der Waals surface area contributed by atoms with Crippen LogP contribution in [0.15, 0.2) is 0 Å². The highest BCUT2D eigenvalue weighted by Gasteiger charge is 2.36. The van der Waals surface area contributed by atoms with Gasteiger partial charge in [0.25, 0.3) is 0 Å². The zero-order valence-corrected chi connectivity index (χ0v) is 13.1. The van der Waals surface area contributed by atoms with Gasteiger partial charge >= 0.3 is 0 Å². The van der Waals surface area contributed by atoms with Crippen molar-refractivity contribution in [2.45, 2.75) is 83.8 Å². The van der Waals surface area contributed by atoms with Gasteiger partial charge in [0.05, 0.1) is 0 Å². The molecule has 1 heterocycles. The first-order valence-electron chi connectivity index (χ1n) is 8.52. The molecule has 2 nitrogen and oxygen atoms in total. The second-order valence-corrected chi connectivity index (χ2v) is 8.29. The summed E-state index contributed by atoms with van der Waals surface area (Å²) >= 11 is 0. The lowest BCUT2D eigenvalue weighted by Gasteiger charge is -2.38. The van der Waals surface area contributed by atoms with Crippen LogP contribution in [0, 0.1) is 11.3 Å². The number of rotatable bonds is 3. The molecule has 110 valence electrons. The molecule has 3 aliphatic rings. The Morgan fingerprint density at radius 1 is 0.842 bits per heavy atom. The minimum absolute atomic E-state index is 0.515. The average Bonchev–Trinajstić information content (AvgIpc) is 3.10. The summed E-state index contributed by atoms with van der Waals surface area (Å²) in [5.41, 5.74) is 0.515. The molecule has 0 aromatic rings.